The second-order valence-corrected chi connectivity index (χ2v) is 9.49. The number of nitrogens with one attached hydrogen (secondary N) is 2. The summed E-state index contributed by atoms with van der Waals surface area (Å²) in [5, 5.41) is 2.87. The molecule has 2 heterocycles. The van der Waals surface area contributed by atoms with Gasteiger partial charge in [-0.15, -0.1) is 11.3 Å². The molecule has 4 rings (SSSR count). The number of nitrogens with zero attached hydrogens (tertiary/aromatic N) is 2. The van der Waals surface area contributed by atoms with E-state index in [1.165, 1.54) is 33.6 Å². The maximum absolute atomic E-state index is 13.1. The monoisotopic (exact) mass is 496 g/mol. The van der Waals surface area contributed by atoms with E-state index in [-0.39, 0.29) is 16.9 Å². The molecule has 7 nitrogen and oxygen atoms in total. The topological polar surface area (TPSA) is 93.1 Å². The molecule has 0 saturated heterocycles. The number of carbonyl (C=O) groups excluding carboxylic acids is 2. The van der Waals surface area contributed by atoms with E-state index in [0.717, 1.165) is 40.6 Å². The summed E-state index contributed by atoms with van der Waals surface area (Å²) in [6, 6.07) is 11.0. The smallest absolute Gasteiger partial charge is 0.269 e. The van der Waals surface area contributed by atoms with Crippen molar-refractivity contribution in [3.8, 4) is 11.1 Å². The number of halogens is 1. The molecule has 2 amide bonds. The lowest BCUT2D eigenvalue weighted by Gasteiger charge is -2.10. The fourth-order valence-corrected chi connectivity index (χ4v) is 5.03. The van der Waals surface area contributed by atoms with Crippen LogP contribution in [0.4, 0.5) is 4.39 Å². The molecular formula is C24H21FN4O3S2. The van der Waals surface area contributed by atoms with Crippen molar-refractivity contribution in [2.45, 2.75) is 19.0 Å². The summed E-state index contributed by atoms with van der Waals surface area (Å²) in [4.78, 5) is 42.5. The highest BCUT2D eigenvalue weighted by atomic mass is 32.2. The largest absolute Gasteiger partial charge is 0.290 e. The Hall–Kier alpha value is -3.50. The number of aromatic nitrogens is 2. The van der Waals surface area contributed by atoms with Crippen molar-refractivity contribution < 1.29 is 14.0 Å². The second kappa shape index (κ2) is 9.78. The van der Waals surface area contributed by atoms with E-state index in [1.807, 2.05) is 31.4 Å². The van der Waals surface area contributed by atoms with Crippen LogP contribution in [0.2, 0.25) is 0 Å². The normalized spacial score (nSPS) is 10.9. The second-order valence-electron chi connectivity index (χ2n) is 7.68. The minimum Gasteiger partial charge on any atom is -0.290 e. The quantitative estimate of drug-likeness (QED) is 0.248. The number of benzene rings is 2. The summed E-state index contributed by atoms with van der Waals surface area (Å²) in [5.41, 5.74) is 8.74. The number of carbonyl (C=O) groups is 2. The third-order valence-electron chi connectivity index (χ3n) is 5.35. The number of aryl methyl sites for hydroxylation is 2. The number of hydrogen-bond acceptors (Lipinski definition) is 6. The fourth-order valence-electron chi connectivity index (χ4n) is 3.27. The molecule has 0 unspecified atom stereocenters. The molecule has 0 saturated carbocycles. The van der Waals surface area contributed by atoms with Crippen molar-refractivity contribution in [1.29, 1.82) is 0 Å². The maximum atomic E-state index is 13.1. The van der Waals surface area contributed by atoms with E-state index in [0.29, 0.717) is 15.4 Å². The van der Waals surface area contributed by atoms with E-state index in [9.17, 15) is 18.8 Å². The summed E-state index contributed by atoms with van der Waals surface area (Å²) in [7, 11) is 1.62. The number of hydrogen-bond donors (Lipinski definition) is 2. The zero-order chi connectivity index (χ0) is 24.4. The predicted octanol–water partition coefficient (Wildman–Crippen LogP) is 3.97. The molecule has 0 radical (unpaired) electrons. The first kappa shape index (κ1) is 23.7. The molecule has 2 aromatic carbocycles. The first-order valence-electron chi connectivity index (χ1n) is 10.3. The molecule has 0 spiro atoms. The highest BCUT2D eigenvalue weighted by molar-refractivity contribution is 7.99. The molecule has 0 bridgehead atoms. The van der Waals surface area contributed by atoms with Gasteiger partial charge in [0, 0.05) is 23.6 Å². The molecule has 0 atom stereocenters. The molecule has 2 N–H and O–H groups in total. The fraction of sp³-hybridized carbons (Fsp3) is 0.167. The lowest BCUT2D eigenvalue weighted by atomic mass is 10.0. The van der Waals surface area contributed by atoms with Crippen molar-refractivity contribution in [2.24, 2.45) is 7.05 Å². The van der Waals surface area contributed by atoms with E-state index >= 15 is 0 Å². The van der Waals surface area contributed by atoms with Crippen LogP contribution >= 0.6 is 23.1 Å². The zero-order valence-corrected chi connectivity index (χ0v) is 20.3. The van der Waals surface area contributed by atoms with Gasteiger partial charge in [-0.25, -0.2) is 9.37 Å². The number of fused-ring (bicyclic) bond motifs is 1. The first-order valence-corrected chi connectivity index (χ1v) is 12.1. The van der Waals surface area contributed by atoms with E-state index in [4.69, 9.17) is 0 Å². The van der Waals surface area contributed by atoms with Crippen molar-refractivity contribution >= 4 is 45.1 Å². The van der Waals surface area contributed by atoms with Crippen molar-refractivity contribution in [3.63, 3.8) is 0 Å². The molecule has 0 fully saturated rings. The number of hydrazine groups is 1. The minimum atomic E-state index is -0.567. The zero-order valence-electron chi connectivity index (χ0n) is 18.6. The molecule has 174 valence electrons. The lowest BCUT2D eigenvalue weighted by molar-refractivity contribution is -0.119. The average molecular weight is 497 g/mol. The Balaban J connectivity index is 1.46. The third kappa shape index (κ3) is 4.87. The Kier molecular flexibility index (Phi) is 6.80. The Bertz CT molecular complexity index is 1460. The Labute approximate surface area is 203 Å². The highest BCUT2D eigenvalue weighted by Crippen LogP contribution is 2.32. The van der Waals surface area contributed by atoms with Crippen LogP contribution < -0.4 is 16.4 Å². The van der Waals surface area contributed by atoms with E-state index in [2.05, 4.69) is 21.9 Å². The van der Waals surface area contributed by atoms with Gasteiger partial charge in [-0.05, 0) is 54.8 Å². The Morgan fingerprint density at radius 1 is 1.09 bits per heavy atom. The van der Waals surface area contributed by atoms with Crippen LogP contribution in [-0.4, -0.2) is 27.1 Å². The van der Waals surface area contributed by atoms with E-state index < -0.39 is 17.6 Å². The number of thiophene rings is 1. The number of thioether (sulfide) groups is 1. The van der Waals surface area contributed by atoms with Crippen LogP contribution in [0.1, 0.15) is 21.5 Å². The van der Waals surface area contributed by atoms with E-state index in [1.54, 1.807) is 7.05 Å². The van der Waals surface area contributed by atoms with Gasteiger partial charge in [0.25, 0.3) is 11.5 Å². The maximum Gasteiger partial charge on any atom is 0.269 e. The Morgan fingerprint density at radius 3 is 2.53 bits per heavy atom. The summed E-state index contributed by atoms with van der Waals surface area (Å²) in [6.07, 6.45) is 0. The van der Waals surface area contributed by atoms with Gasteiger partial charge in [0.2, 0.25) is 5.91 Å². The Morgan fingerprint density at radius 2 is 1.82 bits per heavy atom. The number of rotatable bonds is 5. The molecular weight excluding hydrogens is 475 g/mol. The average Bonchev–Trinajstić information content (AvgIpc) is 3.25. The van der Waals surface area contributed by atoms with Crippen LogP contribution in [0, 0.1) is 19.7 Å². The lowest BCUT2D eigenvalue weighted by Crippen LogP contribution is -2.42. The van der Waals surface area contributed by atoms with Crippen molar-refractivity contribution in [2.75, 3.05) is 5.75 Å². The first-order chi connectivity index (χ1) is 16.2. The summed E-state index contributed by atoms with van der Waals surface area (Å²) >= 11 is 2.47. The van der Waals surface area contributed by atoms with Gasteiger partial charge < -0.3 is 0 Å². The molecule has 0 aliphatic rings. The van der Waals surface area contributed by atoms with Gasteiger partial charge in [-0.2, -0.15) is 0 Å². The third-order valence-corrected chi connectivity index (χ3v) is 7.25. The van der Waals surface area contributed by atoms with Crippen LogP contribution in [0.15, 0.2) is 57.8 Å². The van der Waals surface area contributed by atoms with Gasteiger partial charge in [-0.1, -0.05) is 30.0 Å². The summed E-state index contributed by atoms with van der Waals surface area (Å²) in [6.45, 7) is 4.07. The highest BCUT2D eigenvalue weighted by Gasteiger charge is 2.17. The molecule has 0 aliphatic carbocycles. The van der Waals surface area contributed by atoms with Crippen LogP contribution in [0.5, 0.6) is 0 Å². The summed E-state index contributed by atoms with van der Waals surface area (Å²) in [5.74, 6) is -1.57. The van der Waals surface area contributed by atoms with Crippen molar-refractivity contribution in [3.05, 3.63) is 80.7 Å². The molecule has 4 aromatic rings. The standard InChI is InChI=1S/C24H21FN4O3S2/c1-13-4-5-16(10-14(13)2)18-11-33-22-20(18)23(32)29(3)24(26-22)34-12-19(30)27-28-21(31)15-6-8-17(25)9-7-15/h4-11H,12H2,1-3H3,(H,27,30)(H,28,31). The number of amides is 2. The van der Waals surface area contributed by atoms with Gasteiger partial charge in [0.15, 0.2) is 5.16 Å². The molecule has 2 aromatic heterocycles. The molecule has 34 heavy (non-hydrogen) atoms. The predicted molar refractivity (Wildman–Crippen MR) is 133 cm³/mol. The SMILES string of the molecule is Cc1ccc(-c2csc3nc(SCC(=O)NNC(=O)c4ccc(F)cc4)n(C)c(=O)c23)cc1C. The molecule has 10 heteroatoms. The van der Waals surface area contributed by atoms with Gasteiger partial charge in [0.05, 0.1) is 11.1 Å². The van der Waals surface area contributed by atoms with Crippen LogP contribution in [-0.2, 0) is 11.8 Å². The molecule has 0 aliphatic heterocycles. The minimum absolute atomic E-state index is 0.0646. The van der Waals surface area contributed by atoms with Gasteiger partial charge >= 0.3 is 0 Å². The van der Waals surface area contributed by atoms with Gasteiger partial charge in [0.1, 0.15) is 10.6 Å². The van der Waals surface area contributed by atoms with Crippen molar-refractivity contribution in [1.82, 2.24) is 20.4 Å². The van der Waals surface area contributed by atoms with Crippen LogP contribution in [0.25, 0.3) is 21.3 Å². The summed E-state index contributed by atoms with van der Waals surface area (Å²) < 4.78 is 14.4. The van der Waals surface area contributed by atoms with Crippen LogP contribution in [0.3, 0.4) is 0 Å². The van der Waals surface area contributed by atoms with Gasteiger partial charge in [-0.3, -0.25) is 29.8 Å².